The van der Waals surface area contributed by atoms with Gasteiger partial charge in [-0.3, -0.25) is 9.59 Å². The van der Waals surface area contributed by atoms with Gasteiger partial charge >= 0.3 is 23.9 Å². The number of hydrogen-bond donors (Lipinski definition) is 4. The predicted molar refractivity (Wildman–Crippen MR) is 188 cm³/mol. The number of anilines is 2. The van der Waals surface area contributed by atoms with Crippen LogP contribution in [0.1, 0.15) is 82.0 Å². The smallest absolute Gasteiger partial charge is 0.338 e. The van der Waals surface area contributed by atoms with Crippen LogP contribution >= 0.6 is 0 Å². The summed E-state index contributed by atoms with van der Waals surface area (Å²) >= 11 is 0. The van der Waals surface area contributed by atoms with E-state index < -0.39 is 28.7 Å². The first-order valence-electron chi connectivity index (χ1n) is 16.5. The first-order valence-corrected chi connectivity index (χ1v) is 16.5. The van der Waals surface area contributed by atoms with Gasteiger partial charge in [-0.25, -0.2) is 9.59 Å². The molecule has 2 atom stereocenters. The number of carboxylic acid groups (broad SMARTS) is 2. The Morgan fingerprint density at radius 3 is 1.31 bits per heavy atom. The number of hydrogen-bond acceptors (Lipinski definition) is 10. The van der Waals surface area contributed by atoms with Crippen LogP contribution in [0, 0.1) is 16.7 Å². The number of nitrogens with zero attached hydrogens (tertiary/aromatic N) is 2. The molecular weight excluding hydrogens is 616 g/mol. The second-order valence-electron chi connectivity index (χ2n) is 12.4. The molecule has 48 heavy (non-hydrogen) atoms. The lowest BCUT2D eigenvalue weighted by atomic mass is 9.66. The fourth-order valence-electron chi connectivity index (χ4n) is 5.33. The number of ether oxygens (including phenoxy) is 2. The molecule has 3 rings (SSSR count). The van der Waals surface area contributed by atoms with Gasteiger partial charge in [-0.2, -0.15) is 0 Å². The molecule has 0 aromatic heterocycles. The number of esters is 2. The van der Waals surface area contributed by atoms with Crippen molar-refractivity contribution in [1.29, 1.82) is 0 Å². The topological polar surface area (TPSA) is 186 Å². The zero-order chi connectivity index (χ0) is 36.5. The van der Waals surface area contributed by atoms with Crippen molar-refractivity contribution in [2.75, 3.05) is 63.9 Å². The summed E-state index contributed by atoms with van der Waals surface area (Å²) in [7, 11) is 0. The molecule has 1 saturated carbocycles. The van der Waals surface area contributed by atoms with Crippen LogP contribution in [0.2, 0.25) is 0 Å². The van der Waals surface area contributed by atoms with E-state index in [2.05, 4.69) is 37.5 Å². The van der Waals surface area contributed by atoms with Gasteiger partial charge in [0, 0.05) is 24.5 Å². The highest BCUT2D eigenvalue weighted by Gasteiger charge is 2.58. The van der Waals surface area contributed by atoms with E-state index in [4.69, 9.17) is 31.2 Å². The maximum absolute atomic E-state index is 11.6. The van der Waals surface area contributed by atoms with Crippen molar-refractivity contribution in [3.05, 3.63) is 59.7 Å². The normalized spacial score (nSPS) is 17.8. The van der Waals surface area contributed by atoms with Crippen LogP contribution in [-0.4, -0.2) is 96.4 Å². The highest BCUT2D eigenvalue weighted by Crippen LogP contribution is 2.56. The van der Waals surface area contributed by atoms with Crippen molar-refractivity contribution < 1.29 is 38.9 Å². The van der Waals surface area contributed by atoms with Gasteiger partial charge in [0.15, 0.2) is 0 Å². The van der Waals surface area contributed by atoms with E-state index in [1.165, 1.54) is 0 Å². The lowest BCUT2D eigenvalue weighted by molar-refractivity contribution is -0.157. The van der Waals surface area contributed by atoms with Crippen LogP contribution in [0.25, 0.3) is 0 Å². The van der Waals surface area contributed by atoms with Gasteiger partial charge in [-0.05, 0) is 99.9 Å². The van der Waals surface area contributed by atoms with Crippen LogP contribution in [-0.2, 0) is 19.1 Å². The number of nitrogen functional groups attached to an aromatic ring is 2. The Kier molecular flexibility index (Phi) is 17.7. The number of carbonyl (C=O) groups is 4. The average Bonchev–Trinajstić information content (AvgIpc) is 3.31. The Morgan fingerprint density at radius 1 is 0.708 bits per heavy atom. The van der Waals surface area contributed by atoms with Crippen molar-refractivity contribution >= 4 is 35.3 Å². The van der Waals surface area contributed by atoms with Gasteiger partial charge in [-0.1, -0.05) is 41.5 Å². The zero-order valence-corrected chi connectivity index (χ0v) is 29.7. The number of likely N-dealkylation sites (N-methyl/N-ethyl adjacent to an activating group) is 2. The van der Waals surface area contributed by atoms with E-state index in [1.54, 1.807) is 69.3 Å². The molecule has 12 nitrogen and oxygen atoms in total. The summed E-state index contributed by atoms with van der Waals surface area (Å²) in [4.78, 5) is 49.7. The maximum atomic E-state index is 11.6. The molecule has 268 valence electrons. The monoisotopic (exact) mass is 672 g/mol. The average molecular weight is 673 g/mol. The molecule has 0 saturated heterocycles. The largest absolute Gasteiger partial charge is 0.481 e. The minimum atomic E-state index is -0.921. The molecule has 0 amide bonds. The molecular formula is C36H56N4O8. The standard InChI is InChI=1S/2C13H20N2O2.C10H16O4/c2*1-3-15(4-2)9-10-17-13(16)11-5-7-12(14)8-6-11;1-9(2)6(7(11)12)4-5-10(9,3)8(13)14/h2*5-8H,3-4,9-10,14H2,1-2H3;6H,4-5H2,1-3H3,(H,11,12)(H,13,14)/t;;6-,10+/m..0/s1. The Labute approximate surface area is 285 Å². The van der Waals surface area contributed by atoms with Gasteiger partial charge < -0.3 is 41.0 Å². The van der Waals surface area contributed by atoms with Gasteiger partial charge in [-0.15, -0.1) is 0 Å². The van der Waals surface area contributed by atoms with E-state index in [-0.39, 0.29) is 11.9 Å². The molecule has 12 heteroatoms. The number of nitrogens with two attached hydrogens (primary N) is 2. The van der Waals surface area contributed by atoms with Crippen molar-refractivity contribution in [1.82, 2.24) is 9.80 Å². The molecule has 1 aliphatic carbocycles. The highest BCUT2D eigenvalue weighted by molar-refractivity contribution is 5.90. The number of benzene rings is 2. The van der Waals surface area contributed by atoms with E-state index in [1.807, 2.05) is 0 Å². The summed E-state index contributed by atoms with van der Waals surface area (Å²) in [5, 5.41) is 18.1. The third kappa shape index (κ3) is 12.5. The summed E-state index contributed by atoms with van der Waals surface area (Å²) in [6.07, 6.45) is 0.886. The number of rotatable bonds is 14. The fourth-order valence-corrected chi connectivity index (χ4v) is 5.33. The van der Waals surface area contributed by atoms with E-state index in [0.29, 0.717) is 48.6 Å². The SMILES string of the molecule is CC1(C)[C@H](C(=O)O)CC[C@]1(C)C(=O)O.CCN(CC)CCOC(=O)c1ccc(N)cc1.CCN(CC)CCOC(=O)c1ccc(N)cc1. The highest BCUT2D eigenvalue weighted by atomic mass is 16.5. The molecule has 0 spiro atoms. The van der Waals surface area contributed by atoms with Gasteiger partial charge in [0.2, 0.25) is 0 Å². The summed E-state index contributed by atoms with van der Waals surface area (Å²) in [6, 6.07) is 13.5. The van der Waals surface area contributed by atoms with E-state index in [0.717, 1.165) is 39.3 Å². The summed E-state index contributed by atoms with van der Waals surface area (Å²) < 4.78 is 10.4. The molecule has 2 aromatic rings. The molecule has 0 radical (unpaired) electrons. The molecule has 0 heterocycles. The van der Waals surface area contributed by atoms with Crippen LogP contribution in [0.15, 0.2) is 48.5 Å². The number of aliphatic carboxylic acids is 2. The molecule has 1 fully saturated rings. The summed E-state index contributed by atoms with van der Waals surface area (Å²) in [5.74, 6) is -2.93. The van der Waals surface area contributed by atoms with Gasteiger partial charge in [0.05, 0.1) is 22.5 Å². The second kappa shape index (κ2) is 20.3. The molecule has 0 aliphatic heterocycles. The Hall–Kier alpha value is -4.16. The maximum Gasteiger partial charge on any atom is 0.338 e. The van der Waals surface area contributed by atoms with Crippen LogP contribution in [0.4, 0.5) is 11.4 Å². The third-order valence-electron chi connectivity index (χ3n) is 9.36. The molecule has 0 bridgehead atoms. The van der Waals surface area contributed by atoms with Crippen LogP contribution in [0.5, 0.6) is 0 Å². The Morgan fingerprint density at radius 2 is 1.06 bits per heavy atom. The minimum absolute atomic E-state index is 0.294. The quantitative estimate of drug-likeness (QED) is 0.153. The van der Waals surface area contributed by atoms with Crippen molar-refractivity contribution in [3.63, 3.8) is 0 Å². The predicted octanol–water partition coefficient (Wildman–Crippen LogP) is 5.13. The number of carbonyl (C=O) groups excluding carboxylic acids is 2. The zero-order valence-electron chi connectivity index (χ0n) is 29.7. The first-order chi connectivity index (χ1) is 22.6. The fraction of sp³-hybridized carbons (Fsp3) is 0.556. The Balaban J connectivity index is 0.000000362. The van der Waals surface area contributed by atoms with Crippen LogP contribution in [0.3, 0.4) is 0 Å². The second-order valence-corrected chi connectivity index (χ2v) is 12.4. The van der Waals surface area contributed by atoms with E-state index in [9.17, 15) is 19.2 Å². The van der Waals surface area contributed by atoms with E-state index >= 15 is 0 Å². The van der Waals surface area contributed by atoms with Crippen molar-refractivity contribution in [2.24, 2.45) is 16.7 Å². The molecule has 0 unspecified atom stereocenters. The minimum Gasteiger partial charge on any atom is -0.481 e. The molecule has 1 aliphatic rings. The third-order valence-corrected chi connectivity index (χ3v) is 9.36. The summed E-state index contributed by atoms with van der Waals surface area (Å²) in [6.45, 7) is 19.7. The number of carboxylic acids is 2. The first kappa shape index (κ1) is 41.9. The van der Waals surface area contributed by atoms with Crippen LogP contribution < -0.4 is 11.5 Å². The lowest BCUT2D eigenvalue weighted by Gasteiger charge is -2.36. The van der Waals surface area contributed by atoms with Gasteiger partial charge in [0.1, 0.15) is 13.2 Å². The molecule has 6 N–H and O–H groups in total. The summed E-state index contributed by atoms with van der Waals surface area (Å²) in [5.41, 5.74) is 11.8. The van der Waals surface area contributed by atoms with Crippen molar-refractivity contribution in [2.45, 2.75) is 61.3 Å². The van der Waals surface area contributed by atoms with Gasteiger partial charge in [0.25, 0.3) is 0 Å². The molecule has 2 aromatic carbocycles. The lowest BCUT2D eigenvalue weighted by Crippen LogP contribution is -2.42. The Bertz CT molecular complexity index is 1220. The van der Waals surface area contributed by atoms with Crippen molar-refractivity contribution in [3.8, 4) is 0 Å².